The van der Waals surface area contributed by atoms with E-state index in [1.807, 2.05) is 18.3 Å². The minimum absolute atomic E-state index is 0.154. The largest absolute Gasteiger partial charge is 0.435 e. The van der Waals surface area contributed by atoms with E-state index in [0.717, 1.165) is 24.1 Å². The summed E-state index contributed by atoms with van der Waals surface area (Å²) in [6.07, 6.45) is 3.94. The normalized spacial score (nSPS) is 10.7. The molecule has 0 aliphatic heterocycles. The molecule has 0 amide bonds. The summed E-state index contributed by atoms with van der Waals surface area (Å²) in [6.45, 7) is -0.673. The van der Waals surface area contributed by atoms with Crippen molar-refractivity contribution >= 4 is 0 Å². The van der Waals surface area contributed by atoms with Crippen molar-refractivity contribution in [3.63, 3.8) is 0 Å². The van der Waals surface area contributed by atoms with Crippen LogP contribution >= 0.6 is 0 Å². The number of aromatic nitrogens is 1. The van der Waals surface area contributed by atoms with E-state index >= 15 is 0 Å². The van der Waals surface area contributed by atoms with E-state index < -0.39 is 6.61 Å². The number of halogens is 2. The van der Waals surface area contributed by atoms with Gasteiger partial charge < -0.3 is 4.74 Å². The minimum Gasteiger partial charge on any atom is -0.435 e. The van der Waals surface area contributed by atoms with Crippen molar-refractivity contribution in [2.24, 2.45) is 0 Å². The summed E-state index contributed by atoms with van der Waals surface area (Å²) in [5.74, 6) is 0.154. The summed E-state index contributed by atoms with van der Waals surface area (Å²) in [6, 6.07) is 10.5. The van der Waals surface area contributed by atoms with E-state index in [4.69, 9.17) is 0 Å². The van der Waals surface area contributed by atoms with Crippen molar-refractivity contribution in [1.29, 1.82) is 0 Å². The monoisotopic (exact) mass is 263 g/mol. The second-order valence-electron chi connectivity index (χ2n) is 4.20. The molecule has 0 spiro atoms. The molecule has 0 unspecified atom stereocenters. The van der Waals surface area contributed by atoms with Crippen LogP contribution in [0.4, 0.5) is 8.78 Å². The van der Waals surface area contributed by atoms with Crippen LogP contribution in [-0.2, 0) is 6.42 Å². The van der Waals surface area contributed by atoms with Gasteiger partial charge in [0, 0.05) is 11.8 Å². The number of benzene rings is 1. The Morgan fingerprint density at radius 1 is 1.11 bits per heavy atom. The van der Waals surface area contributed by atoms with Gasteiger partial charge >= 0.3 is 6.61 Å². The molecule has 0 bridgehead atoms. The molecule has 4 heteroatoms. The van der Waals surface area contributed by atoms with Crippen molar-refractivity contribution in [2.75, 3.05) is 0 Å². The van der Waals surface area contributed by atoms with Gasteiger partial charge in [-0.1, -0.05) is 19.4 Å². The Morgan fingerprint density at radius 3 is 2.37 bits per heavy atom. The Morgan fingerprint density at radius 2 is 1.84 bits per heavy atom. The molecule has 0 aliphatic carbocycles. The molecule has 0 N–H and O–H groups in total. The van der Waals surface area contributed by atoms with Gasteiger partial charge in [0.25, 0.3) is 0 Å². The number of hydrogen-bond acceptors (Lipinski definition) is 2. The predicted molar refractivity (Wildman–Crippen MR) is 70.3 cm³/mol. The second-order valence-corrected chi connectivity index (χ2v) is 4.20. The molecule has 0 saturated carbocycles. The SMILES string of the molecule is CCCc1ccc(-c2ccc(OC(F)F)cc2)nc1. The van der Waals surface area contributed by atoms with Gasteiger partial charge in [0.1, 0.15) is 5.75 Å². The number of alkyl halides is 2. The van der Waals surface area contributed by atoms with Crippen LogP contribution in [0, 0.1) is 0 Å². The fraction of sp³-hybridized carbons (Fsp3) is 0.267. The van der Waals surface area contributed by atoms with Crippen LogP contribution < -0.4 is 4.74 Å². The van der Waals surface area contributed by atoms with Gasteiger partial charge in [0.15, 0.2) is 0 Å². The first-order chi connectivity index (χ1) is 9.19. The summed E-state index contributed by atoms with van der Waals surface area (Å²) in [7, 11) is 0. The van der Waals surface area contributed by atoms with E-state index in [1.165, 1.54) is 17.7 Å². The zero-order chi connectivity index (χ0) is 13.7. The highest BCUT2D eigenvalue weighted by molar-refractivity contribution is 5.60. The molecule has 2 aromatic rings. The summed E-state index contributed by atoms with van der Waals surface area (Å²) < 4.78 is 28.4. The van der Waals surface area contributed by atoms with Gasteiger partial charge in [0.05, 0.1) is 5.69 Å². The second kappa shape index (κ2) is 6.27. The Bertz CT molecular complexity index is 509. The van der Waals surface area contributed by atoms with Gasteiger partial charge in [-0.05, 0) is 42.3 Å². The van der Waals surface area contributed by atoms with E-state index in [9.17, 15) is 8.78 Å². The molecule has 0 saturated heterocycles. The van der Waals surface area contributed by atoms with Gasteiger partial charge in [-0.2, -0.15) is 8.78 Å². The fourth-order valence-electron chi connectivity index (χ4n) is 1.84. The Labute approximate surface area is 111 Å². The van der Waals surface area contributed by atoms with Crippen molar-refractivity contribution in [2.45, 2.75) is 26.4 Å². The third-order valence-electron chi connectivity index (χ3n) is 2.74. The Kier molecular flexibility index (Phi) is 4.44. The first-order valence-electron chi connectivity index (χ1n) is 6.19. The number of pyridine rings is 1. The highest BCUT2D eigenvalue weighted by Crippen LogP contribution is 2.22. The maximum Gasteiger partial charge on any atom is 0.387 e. The van der Waals surface area contributed by atoms with E-state index in [0.29, 0.717) is 0 Å². The molecule has 1 heterocycles. The van der Waals surface area contributed by atoms with Crippen molar-refractivity contribution < 1.29 is 13.5 Å². The number of aryl methyl sites for hydroxylation is 1. The lowest BCUT2D eigenvalue weighted by atomic mass is 10.1. The average Bonchev–Trinajstić information content (AvgIpc) is 2.40. The zero-order valence-electron chi connectivity index (χ0n) is 10.6. The number of rotatable bonds is 5. The van der Waals surface area contributed by atoms with Crippen molar-refractivity contribution in [3.05, 3.63) is 48.2 Å². The van der Waals surface area contributed by atoms with Crippen LogP contribution in [0.5, 0.6) is 5.75 Å². The molecule has 1 aromatic carbocycles. The van der Waals surface area contributed by atoms with Crippen molar-refractivity contribution in [3.8, 4) is 17.0 Å². The van der Waals surface area contributed by atoms with Gasteiger partial charge in [-0.15, -0.1) is 0 Å². The van der Waals surface area contributed by atoms with E-state index in [1.54, 1.807) is 12.1 Å². The number of ether oxygens (including phenoxy) is 1. The first kappa shape index (κ1) is 13.5. The van der Waals surface area contributed by atoms with Crippen LogP contribution in [0.1, 0.15) is 18.9 Å². The predicted octanol–water partition coefficient (Wildman–Crippen LogP) is 4.30. The molecule has 2 rings (SSSR count). The maximum atomic E-state index is 12.0. The molecular weight excluding hydrogens is 248 g/mol. The van der Waals surface area contributed by atoms with Crippen LogP contribution in [-0.4, -0.2) is 11.6 Å². The van der Waals surface area contributed by atoms with Crippen LogP contribution in [0.2, 0.25) is 0 Å². The van der Waals surface area contributed by atoms with Crippen LogP contribution in [0.15, 0.2) is 42.6 Å². The van der Waals surface area contributed by atoms with Gasteiger partial charge in [0.2, 0.25) is 0 Å². The molecule has 1 aromatic heterocycles. The minimum atomic E-state index is -2.79. The highest BCUT2D eigenvalue weighted by Gasteiger charge is 2.05. The molecule has 0 fully saturated rings. The lowest BCUT2D eigenvalue weighted by molar-refractivity contribution is -0.0498. The smallest absolute Gasteiger partial charge is 0.387 e. The zero-order valence-corrected chi connectivity index (χ0v) is 10.6. The summed E-state index contributed by atoms with van der Waals surface area (Å²) in [5, 5.41) is 0. The molecule has 0 radical (unpaired) electrons. The highest BCUT2D eigenvalue weighted by atomic mass is 19.3. The lowest BCUT2D eigenvalue weighted by Crippen LogP contribution is -2.01. The molecule has 2 nitrogen and oxygen atoms in total. The Balaban J connectivity index is 2.13. The van der Waals surface area contributed by atoms with Crippen LogP contribution in [0.25, 0.3) is 11.3 Å². The standard InChI is InChI=1S/C15H15F2NO/c1-2-3-11-4-9-14(18-10-11)12-5-7-13(8-6-12)19-15(16)17/h4-10,15H,2-3H2,1H3. The summed E-state index contributed by atoms with van der Waals surface area (Å²) in [5.41, 5.74) is 2.90. The summed E-state index contributed by atoms with van der Waals surface area (Å²) in [4.78, 5) is 4.37. The average molecular weight is 263 g/mol. The quantitative estimate of drug-likeness (QED) is 0.802. The molecular formula is C15H15F2NO. The van der Waals surface area contributed by atoms with Crippen LogP contribution in [0.3, 0.4) is 0 Å². The van der Waals surface area contributed by atoms with Gasteiger partial charge in [-0.25, -0.2) is 0 Å². The molecule has 0 aliphatic rings. The van der Waals surface area contributed by atoms with E-state index in [2.05, 4.69) is 16.6 Å². The number of nitrogens with zero attached hydrogens (tertiary/aromatic N) is 1. The Hall–Kier alpha value is -1.97. The van der Waals surface area contributed by atoms with E-state index in [-0.39, 0.29) is 5.75 Å². The van der Waals surface area contributed by atoms with Gasteiger partial charge in [-0.3, -0.25) is 4.98 Å². The third kappa shape index (κ3) is 3.74. The lowest BCUT2D eigenvalue weighted by Gasteiger charge is -2.06. The maximum absolute atomic E-state index is 12.0. The van der Waals surface area contributed by atoms with Crippen molar-refractivity contribution in [1.82, 2.24) is 4.98 Å². The summed E-state index contributed by atoms with van der Waals surface area (Å²) >= 11 is 0. The molecule has 100 valence electrons. The molecule has 0 atom stereocenters. The molecule has 19 heavy (non-hydrogen) atoms. The third-order valence-corrected chi connectivity index (χ3v) is 2.74. The topological polar surface area (TPSA) is 22.1 Å². The first-order valence-corrected chi connectivity index (χ1v) is 6.19. The fourth-order valence-corrected chi connectivity index (χ4v) is 1.84. The number of hydrogen-bond donors (Lipinski definition) is 0.